The number of aliphatic hydroxyl groups excluding tert-OH is 1. The van der Waals surface area contributed by atoms with Crippen LogP contribution in [0.3, 0.4) is 0 Å². The average Bonchev–Trinajstić information content (AvgIpc) is 3.19. The van der Waals surface area contributed by atoms with Gasteiger partial charge in [-0.3, -0.25) is 4.79 Å². The van der Waals surface area contributed by atoms with E-state index in [-0.39, 0.29) is 6.10 Å². The maximum atomic E-state index is 14.5. The standard InChI is InChI=1S/C20H25FN2O4S/c21-16-7-14(27-10-12-5-6-26-9-12)8-17-19(16)20(25)23-18(22-17)11-28-15-3-1-13(24)2-4-15/h7-8,12-13,15,19,24H,1-6,9-11H2. The number of aliphatic imine (C=N–C) groups is 2. The Hall–Kier alpha value is -1.51. The number of amides is 1. The van der Waals surface area contributed by atoms with E-state index in [4.69, 9.17) is 9.47 Å². The topological polar surface area (TPSA) is 80.5 Å². The number of hydrogen-bond acceptors (Lipinski definition) is 6. The van der Waals surface area contributed by atoms with Gasteiger partial charge in [-0.25, -0.2) is 9.38 Å². The van der Waals surface area contributed by atoms with Crippen molar-refractivity contribution < 1.29 is 23.8 Å². The molecule has 1 saturated heterocycles. The van der Waals surface area contributed by atoms with Gasteiger partial charge in [0.15, 0.2) is 0 Å². The highest BCUT2D eigenvalue weighted by molar-refractivity contribution is 8.00. The molecule has 4 rings (SSSR count). The Balaban J connectivity index is 1.39. The molecule has 2 aliphatic heterocycles. The molecule has 2 unspecified atom stereocenters. The van der Waals surface area contributed by atoms with Gasteiger partial charge in [0.05, 0.1) is 30.8 Å². The number of halogens is 1. The van der Waals surface area contributed by atoms with E-state index in [1.54, 1.807) is 17.8 Å². The smallest absolute Gasteiger partial charge is 0.263 e. The number of fused-ring (bicyclic) bond motifs is 1. The molecule has 0 bridgehead atoms. The minimum Gasteiger partial charge on any atom is -0.493 e. The van der Waals surface area contributed by atoms with E-state index in [1.165, 1.54) is 6.08 Å². The second-order valence-electron chi connectivity index (χ2n) is 7.69. The van der Waals surface area contributed by atoms with Crippen molar-refractivity contribution in [1.29, 1.82) is 0 Å². The Morgan fingerprint density at radius 3 is 2.79 bits per heavy atom. The molecule has 2 atom stereocenters. The predicted molar refractivity (Wildman–Crippen MR) is 106 cm³/mol. The van der Waals surface area contributed by atoms with E-state index < -0.39 is 17.7 Å². The molecule has 152 valence electrons. The summed E-state index contributed by atoms with van der Waals surface area (Å²) in [5.41, 5.74) is 0.368. The van der Waals surface area contributed by atoms with Crippen LogP contribution in [0.1, 0.15) is 32.1 Å². The summed E-state index contributed by atoms with van der Waals surface area (Å²) in [5.74, 6) is -0.469. The zero-order chi connectivity index (χ0) is 19.5. The van der Waals surface area contributed by atoms with Gasteiger partial charge in [0.1, 0.15) is 23.3 Å². The fourth-order valence-electron chi connectivity index (χ4n) is 3.82. The third kappa shape index (κ3) is 4.72. The fourth-order valence-corrected chi connectivity index (χ4v) is 4.94. The molecule has 2 aliphatic carbocycles. The molecule has 0 aromatic rings. The minimum atomic E-state index is -1.04. The number of allylic oxidation sites excluding steroid dienone is 2. The van der Waals surface area contributed by atoms with E-state index in [2.05, 4.69) is 9.98 Å². The molecule has 1 amide bonds. The van der Waals surface area contributed by atoms with Crippen LogP contribution in [0.5, 0.6) is 0 Å². The highest BCUT2D eigenvalue weighted by Gasteiger charge is 2.35. The van der Waals surface area contributed by atoms with Gasteiger partial charge in [0.25, 0.3) is 5.91 Å². The lowest BCUT2D eigenvalue weighted by Gasteiger charge is -2.25. The fraction of sp³-hybridized carbons (Fsp3) is 0.650. The first-order valence-electron chi connectivity index (χ1n) is 9.87. The molecule has 8 heteroatoms. The maximum absolute atomic E-state index is 14.5. The van der Waals surface area contributed by atoms with Crippen LogP contribution in [0.15, 0.2) is 33.7 Å². The predicted octanol–water partition coefficient (Wildman–Crippen LogP) is 2.82. The third-order valence-electron chi connectivity index (χ3n) is 5.49. The second-order valence-corrected chi connectivity index (χ2v) is 8.98. The van der Waals surface area contributed by atoms with Crippen LogP contribution < -0.4 is 0 Å². The molecule has 0 spiro atoms. The van der Waals surface area contributed by atoms with Crippen LogP contribution in [-0.2, 0) is 14.3 Å². The normalized spacial score (nSPS) is 32.9. The SMILES string of the molecule is O=C1N=C(CSC2CCC(O)CC2)N=C2C=C(OCC3CCOC3)C=C(F)C12. The van der Waals surface area contributed by atoms with E-state index >= 15 is 0 Å². The summed E-state index contributed by atoms with van der Waals surface area (Å²) in [5, 5.41) is 10.0. The van der Waals surface area contributed by atoms with Gasteiger partial charge in [-0.1, -0.05) is 0 Å². The Bertz CT molecular complexity index is 734. The monoisotopic (exact) mass is 408 g/mol. The first-order valence-corrected chi connectivity index (χ1v) is 10.9. The molecule has 1 saturated carbocycles. The largest absolute Gasteiger partial charge is 0.493 e. The lowest BCUT2D eigenvalue weighted by Crippen LogP contribution is -2.31. The highest BCUT2D eigenvalue weighted by Crippen LogP contribution is 2.31. The summed E-state index contributed by atoms with van der Waals surface area (Å²) in [6, 6.07) is 0. The van der Waals surface area contributed by atoms with Crippen molar-refractivity contribution in [2.24, 2.45) is 21.8 Å². The number of aliphatic hydroxyl groups is 1. The highest BCUT2D eigenvalue weighted by atomic mass is 32.2. The van der Waals surface area contributed by atoms with E-state index in [9.17, 15) is 14.3 Å². The van der Waals surface area contributed by atoms with E-state index in [0.29, 0.717) is 47.4 Å². The number of carbonyl (C=O) groups is 1. The Labute approximate surface area is 168 Å². The van der Waals surface area contributed by atoms with Crippen molar-refractivity contribution in [3.8, 4) is 0 Å². The van der Waals surface area contributed by atoms with Crippen molar-refractivity contribution in [2.45, 2.75) is 43.5 Å². The lowest BCUT2D eigenvalue weighted by molar-refractivity contribution is -0.119. The zero-order valence-electron chi connectivity index (χ0n) is 15.7. The second kappa shape index (κ2) is 8.88. The molecule has 0 aromatic heterocycles. The Morgan fingerprint density at radius 1 is 1.21 bits per heavy atom. The van der Waals surface area contributed by atoms with Gasteiger partial charge in [-0.15, -0.1) is 0 Å². The van der Waals surface area contributed by atoms with Crippen molar-refractivity contribution >= 4 is 29.2 Å². The van der Waals surface area contributed by atoms with Crippen molar-refractivity contribution in [2.75, 3.05) is 25.6 Å². The molecule has 6 nitrogen and oxygen atoms in total. The molecule has 2 fully saturated rings. The van der Waals surface area contributed by atoms with Crippen LogP contribution >= 0.6 is 11.8 Å². The van der Waals surface area contributed by atoms with Crippen molar-refractivity contribution in [1.82, 2.24) is 0 Å². The first-order chi connectivity index (χ1) is 13.6. The Morgan fingerprint density at radius 2 is 2.04 bits per heavy atom. The van der Waals surface area contributed by atoms with E-state index in [1.807, 2.05) is 0 Å². The number of thioether (sulfide) groups is 1. The third-order valence-corrected chi connectivity index (χ3v) is 6.86. The molecule has 0 aromatic carbocycles. The van der Waals surface area contributed by atoms with Crippen LogP contribution in [0.2, 0.25) is 0 Å². The van der Waals surface area contributed by atoms with Gasteiger partial charge < -0.3 is 14.6 Å². The number of rotatable bonds is 6. The summed E-state index contributed by atoms with van der Waals surface area (Å²) in [4.78, 5) is 20.8. The van der Waals surface area contributed by atoms with Crippen LogP contribution in [0.4, 0.5) is 4.39 Å². The number of ether oxygens (including phenoxy) is 2. The Kier molecular flexibility index (Phi) is 6.28. The summed E-state index contributed by atoms with van der Waals surface area (Å²) in [6.07, 6.45) is 7.18. The van der Waals surface area contributed by atoms with Crippen molar-refractivity contribution in [3.63, 3.8) is 0 Å². The van der Waals surface area contributed by atoms with Gasteiger partial charge in [0.2, 0.25) is 0 Å². The molecular formula is C20H25FN2O4S. The number of hydrogen-bond donors (Lipinski definition) is 1. The molecule has 0 radical (unpaired) electrons. The van der Waals surface area contributed by atoms with Gasteiger partial charge >= 0.3 is 0 Å². The van der Waals surface area contributed by atoms with Crippen molar-refractivity contribution in [3.05, 3.63) is 23.7 Å². The quantitative estimate of drug-likeness (QED) is 0.731. The van der Waals surface area contributed by atoms with Crippen LogP contribution in [-0.4, -0.2) is 59.5 Å². The minimum absolute atomic E-state index is 0.192. The zero-order valence-corrected chi connectivity index (χ0v) is 16.5. The van der Waals surface area contributed by atoms with Crippen LogP contribution in [0.25, 0.3) is 0 Å². The number of nitrogens with zero attached hydrogens (tertiary/aromatic N) is 2. The van der Waals surface area contributed by atoms with Gasteiger partial charge in [-0.05, 0) is 32.1 Å². The maximum Gasteiger partial charge on any atom is 0.263 e. The number of carbonyl (C=O) groups excluding carboxylic acids is 1. The summed E-state index contributed by atoms with van der Waals surface area (Å²) >= 11 is 1.70. The lowest BCUT2D eigenvalue weighted by atomic mass is 9.94. The molecular weight excluding hydrogens is 383 g/mol. The molecule has 1 N–H and O–H groups in total. The van der Waals surface area contributed by atoms with Crippen LogP contribution in [0, 0.1) is 11.8 Å². The van der Waals surface area contributed by atoms with Gasteiger partial charge in [0, 0.05) is 29.9 Å². The van der Waals surface area contributed by atoms with E-state index in [0.717, 1.165) is 38.7 Å². The first kappa shape index (κ1) is 19.8. The summed E-state index contributed by atoms with van der Waals surface area (Å²) in [7, 11) is 0. The molecule has 4 aliphatic rings. The summed E-state index contributed by atoms with van der Waals surface area (Å²) in [6.45, 7) is 1.86. The molecule has 28 heavy (non-hydrogen) atoms. The molecule has 2 heterocycles. The number of amidine groups is 1. The van der Waals surface area contributed by atoms with Gasteiger partial charge in [-0.2, -0.15) is 16.8 Å². The average molecular weight is 408 g/mol. The summed E-state index contributed by atoms with van der Waals surface area (Å²) < 4.78 is 25.5.